The highest BCUT2D eigenvalue weighted by molar-refractivity contribution is 4.76. The van der Waals surface area contributed by atoms with Crippen molar-refractivity contribution >= 4 is 0 Å². The Morgan fingerprint density at radius 2 is 2.20 bits per heavy atom. The molecular weight excluding hydrogens is 124 g/mol. The van der Waals surface area contributed by atoms with E-state index in [0.717, 1.165) is 13.1 Å². The lowest BCUT2D eigenvalue weighted by molar-refractivity contribution is 0.354. The molecule has 0 saturated carbocycles. The average Bonchev–Trinajstić information content (AvgIpc) is 2.40. The fourth-order valence-electron chi connectivity index (χ4n) is 1.15. The molecule has 0 aromatic heterocycles. The van der Waals surface area contributed by atoms with E-state index in [4.69, 9.17) is 5.73 Å². The number of hydrogen-bond donors (Lipinski definition) is 1. The van der Waals surface area contributed by atoms with Crippen LogP contribution in [0.1, 0.15) is 28.6 Å². The Balaban J connectivity index is 0. The fourth-order valence-corrected chi connectivity index (χ4v) is 1.15. The first-order valence-corrected chi connectivity index (χ1v) is 4.31. The van der Waals surface area contributed by atoms with Crippen LogP contribution in [0.2, 0.25) is 0 Å². The van der Waals surface area contributed by atoms with E-state index in [1.165, 1.54) is 13.0 Å². The SMILES string of the molecule is CC.CCN1CCC(N)C1.[HH]. The maximum atomic E-state index is 5.66. The van der Waals surface area contributed by atoms with Crippen LogP contribution in [0.5, 0.6) is 0 Å². The molecule has 1 unspecified atom stereocenters. The summed E-state index contributed by atoms with van der Waals surface area (Å²) in [5, 5.41) is 0. The summed E-state index contributed by atoms with van der Waals surface area (Å²) in [6.07, 6.45) is 1.19. The number of likely N-dealkylation sites (N-methyl/N-ethyl adjacent to an activating group) is 1. The Bertz CT molecular complexity index is 78.5. The lowest BCUT2D eigenvalue weighted by atomic mass is 10.3. The summed E-state index contributed by atoms with van der Waals surface area (Å²) in [5.74, 6) is 0. The first-order chi connectivity index (χ1) is 4.83. The van der Waals surface area contributed by atoms with Gasteiger partial charge in [0, 0.05) is 14.0 Å². The van der Waals surface area contributed by atoms with Crippen LogP contribution in [0, 0.1) is 0 Å². The molecular formula is C8H22N2. The predicted octanol–water partition coefficient (Wildman–Crippen LogP) is 1.31. The average molecular weight is 146 g/mol. The molecule has 1 fully saturated rings. The van der Waals surface area contributed by atoms with Crippen LogP contribution in [0.3, 0.4) is 0 Å². The van der Waals surface area contributed by atoms with Crippen LogP contribution in [0.15, 0.2) is 0 Å². The zero-order chi connectivity index (χ0) is 7.98. The van der Waals surface area contributed by atoms with Crippen molar-refractivity contribution in [3.05, 3.63) is 0 Å². The van der Waals surface area contributed by atoms with Crippen LogP contribution in [-0.2, 0) is 0 Å². The number of likely N-dealkylation sites (tertiary alicyclic amines) is 1. The molecule has 1 atom stereocenters. The first-order valence-electron chi connectivity index (χ1n) is 4.31. The van der Waals surface area contributed by atoms with Crippen LogP contribution in [0.25, 0.3) is 0 Å². The Kier molecular flexibility index (Phi) is 5.64. The van der Waals surface area contributed by atoms with Crippen molar-refractivity contribution in [1.82, 2.24) is 4.90 Å². The maximum absolute atomic E-state index is 5.66. The molecule has 2 nitrogen and oxygen atoms in total. The van der Waals surface area contributed by atoms with Crippen LogP contribution < -0.4 is 5.73 Å². The molecule has 0 aliphatic carbocycles. The second-order valence-corrected chi connectivity index (χ2v) is 2.44. The van der Waals surface area contributed by atoms with Crippen molar-refractivity contribution < 1.29 is 1.43 Å². The van der Waals surface area contributed by atoms with Crippen molar-refractivity contribution in [3.8, 4) is 0 Å². The minimum absolute atomic E-state index is 0. The van der Waals surface area contributed by atoms with Gasteiger partial charge in [0.25, 0.3) is 0 Å². The van der Waals surface area contributed by atoms with E-state index in [9.17, 15) is 0 Å². The molecule has 2 N–H and O–H groups in total. The first kappa shape index (κ1) is 9.92. The summed E-state index contributed by atoms with van der Waals surface area (Å²) in [4.78, 5) is 2.38. The van der Waals surface area contributed by atoms with Gasteiger partial charge in [-0.1, -0.05) is 20.8 Å². The van der Waals surface area contributed by atoms with E-state index in [1.807, 2.05) is 13.8 Å². The highest BCUT2D eigenvalue weighted by atomic mass is 15.2. The van der Waals surface area contributed by atoms with Crippen LogP contribution in [-0.4, -0.2) is 30.6 Å². The summed E-state index contributed by atoms with van der Waals surface area (Å²) in [7, 11) is 0. The lowest BCUT2D eigenvalue weighted by Gasteiger charge is -2.09. The van der Waals surface area contributed by atoms with E-state index in [1.54, 1.807) is 0 Å². The molecule has 0 radical (unpaired) electrons. The van der Waals surface area contributed by atoms with E-state index in [0.29, 0.717) is 6.04 Å². The normalized spacial score (nSPS) is 25.8. The molecule has 64 valence electrons. The summed E-state index contributed by atoms with van der Waals surface area (Å²) in [6, 6.07) is 0.454. The summed E-state index contributed by atoms with van der Waals surface area (Å²) in [6.45, 7) is 9.65. The van der Waals surface area contributed by atoms with Gasteiger partial charge in [-0.15, -0.1) is 0 Å². The fraction of sp³-hybridized carbons (Fsp3) is 1.00. The Hall–Kier alpha value is -0.0800. The van der Waals surface area contributed by atoms with Gasteiger partial charge < -0.3 is 10.6 Å². The molecule has 1 aliphatic rings. The minimum atomic E-state index is 0. The topological polar surface area (TPSA) is 29.3 Å². The zero-order valence-corrected chi connectivity index (χ0v) is 7.43. The van der Waals surface area contributed by atoms with Gasteiger partial charge in [0.05, 0.1) is 0 Å². The van der Waals surface area contributed by atoms with Gasteiger partial charge in [-0.05, 0) is 19.5 Å². The standard InChI is InChI=1S/C6H14N2.C2H6.H2/c1-2-8-4-3-6(7)5-8;1-2;/h6H,2-5,7H2,1H3;1-2H3;1H. The third kappa shape index (κ3) is 3.18. The number of rotatable bonds is 1. The molecule has 1 heterocycles. The van der Waals surface area contributed by atoms with E-state index in [-0.39, 0.29) is 1.43 Å². The molecule has 2 heteroatoms. The molecule has 1 saturated heterocycles. The second-order valence-electron chi connectivity index (χ2n) is 2.44. The van der Waals surface area contributed by atoms with E-state index >= 15 is 0 Å². The van der Waals surface area contributed by atoms with Gasteiger partial charge in [0.15, 0.2) is 0 Å². The predicted molar refractivity (Wildman–Crippen MR) is 48.2 cm³/mol. The molecule has 0 spiro atoms. The van der Waals surface area contributed by atoms with Gasteiger partial charge in [-0.2, -0.15) is 0 Å². The lowest BCUT2D eigenvalue weighted by Crippen LogP contribution is -2.26. The van der Waals surface area contributed by atoms with Crippen molar-refractivity contribution in [3.63, 3.8) is 0 Å². The van der Waals surface area contributed by atoms with Crippen molar-refractivity contribution in [1.29, 1.82) is 0 Å². The Labute approximate surface area is 65.9 Å². The molecule has 0 aromatic rings. The van der Waals surface area contributed by atoms with Crippen molar-refractivity contribution in [2.75, 3.05) is 19.6 Å². The van der Waals surface area contributed by atoms with Gasteiger partial charge in [0.1, 0.15) is 0 Å². The summed E-state index contributed by atoms with van der Waals surface area (Å²) in [5.41, 5.74) is 5.66. The van der Waals surface area contributed by atoms with Crippen molar-refractivity contribution in [2.45, 2.75) is 33.2 Å². The maximum Gasteiger partial charge on any atom is 0.0180 e. The molecule has 10 heavy (non-hydrogen) atoms. The van der Waals surface area contributed by atoms with Gasteiger partial charge in [-0.3, -0.25) is 0 Å². The van der Waals surface area contributed by atoms with Gasteiger partial charge in [0.2, 0.25) is 0 Å². The molecule has 0 amide bonds. The van der Waals surface area contributed by atoms with Gasteiger partial charge in [-0.25, -0.2) is 0 Å². The monoisotopic (exact) mass is 146 g/mol. The summed E-state index contributed by atoms with van der Waals surface area (Å²) < 4.78 is 0. The number of hydrogen-bond acceptors (Lipinski definition) is 2. The Morgan fingerprint density at radius 1 is 1.60 bits per heavy atom. The zero-order valence-electron chi connectivity index (χ0n) is 7.43. The second kappa shape index (κ2) is 5.69. The summed E-state index contributed by atoms with van der Waals surface area (Å²) >= 11 is 0. The molecule has 0 aromatic carbocycles. The highest BCUT2D eigenvalue weighted by Gasteiger charge is 2.16. The van der Waals surface area contributed by atoms with E-state index in [2.05, 4.69) is 11.8 Å². The Morgan fingerprint density at radius 3 is 2.40 bits per heavy atom. The highest BCUT2D eigenvalue weighted by Crippen LogP contribution is 2.04. The largest absolute Gasteiger partial charge is 0.326 e. The number of nitrogens with two attached hydrogens (primary N) is 1. The molecule has 1 aliphatic heterocycles. The quantitative estimate of drug-likeness (QED) is 0.604. The van der Waals surface area contributed by atoms with E-state index < -0.39 is 0 Å². The third-order valence-electron chi connectivity index (χ3n) is 1.76. The minimum Gasteiger partial charge on any atom is -0.326 e. The third-order valence-corrected chi connectivity index (χ3v) is 1.76. The number of nitrogens with zero attached hydrogens (tertiary/aromatic N) is 1. The molecule has 0 bridgehead atoms. The van der Waals surface area contributed by atoms with Crippen LogP contribution in [0.4, 0.5) is 0 Å². The van der Waals surface area contributed by atoms with Crippen LogP contribution >= 0.6 is 0 Å². The van der Waals surface area contributed by atoms with Crippen molar-refractivity contribution in [2.24, 2.45) is 5.73 Å². The smallest absolute Gasteiger partial charge is 0.0180 e. The van der Waals surface area contributed by atoms with Gasteiger partial charge >= 0.3 is 0 Å². The molecule has 1 rings (SSSR count).